The number of sulfonamides is 1. The van der Waals surface area contributed by atoms with Crippen LogP contribution in [0.1, 0.15) is 23.6 Å². The SMILES string of the molecule is C/C(=N\NS(=O)(=O)c1ccc(C)cc1)c1ccccc1CCCl. The molecule has 0 unspecified atom stereocenters. The minimum Gasteiger partial charge on any atom is -0.200 e. The van der Waals surface area contributed by atoms with Gasteiger partial charge in [0.2, 0.25) is 0 Å². The van der Waals surface area contributed by atoms with Crippen LogP contribution >= 0.6 is 11.6 Å². The minimum absolute atomic E-state index is 0.189. The van der Waals surface area contributed by atoms with Gasteiger partial charge < -0.3 is 0 Å². The molecule has 1 N–H and O–H groups in total. The van der Waals surface area contributed by atoms with Crippen LogP contribution < -0.4 is 4.83 Å². The van der Waals surface area contributed by atoms with Gasteiger partial charge in [0.05, 0.1) is 10.6 Å². The molecule has 0 saturated carbocycles. The summed E-state index contributed by atoms with van der Waals surface area (Å²) < 4.78 is 24.5. The van der Waals surface area contributed by atoms with Gasteiger partial charge in [0.15, 0.2) is 0 Å². The van der Waals surface area contributed by atoms with E-state index in [0.29, 0.717) is 18.0 Å². The molecule has 4 nitrogen and oxygen atoms in total. The zero-order chi connectivity index (χ0) is 16.9. The van der Waals surface area contributed by atoms with Gasteiger partial charge in [0.1, 0.15) is 0 Å². The van der Waals surface area contributed by atoms with Gasteiger partial charge in [-0.15, -0.1) is 11.6 Å². The van der Waals surface area contributed by atoms with Crippen LogP contribution in [0.15, 0.2) is 58.5 Å². The first-order valence-electron chi connectivity index (χ1n) is 7.21. The van der Waals surface area contributed by atoms with Crippen LogP contribution in [0.5, 0.6) is 0 Å². The van der Waals surface area contributed by atoms with E-state index in [2.05, 4.69) is 9.93 Å². The molecular formula is C17H19ClN2O2S. The van der Waals surface area contributed by atoms with Crippen LogP contribution in [-0.2, 0) is 16.4 Å². The van der Waals surface area contributed by atoms with Gasteiger partial charge in [-0.1, -0.05) is 42.0 Å². The number of hydrazone groups is 1. The van der Waals surface area contributed by atoms with Crippen molar-refractivity contribution in [3.63, 3.8) is 0 Å². The summed E-state index contributed by atoms with van der Waals surface area (Å²) in [6.07, 6.45) is 0.704. The Morgan fingerprint density at radius 3 is 2.43 bits per heavy atom. The lowest BCUT2D eigenvalue weighted by atomic mass is 10.0. The van der Waals surface area contributed by atoms with Crippen molar-refractivity contribution in [2.75, 3.05) is 5.88 Å². The third-order valence-corrected chi connectivity index (χ3v) is 4.85. The smallest absolute Gasteiger partial charge is 0.200 e. The van der Waals surface area contributed by atoms with E-state index in [-0.39, 0.29) is 4.90 Å². The predicted octanol–water partition coefficient (Wildman–Crippen LogP) is 3.48. The Labute approximate surface area is 142 Å². The van der Waals surface area contributed by atoms with Crippen LogP contribution in [0.2, 0.25) is 0 Å². The number of hydrogen-bond donors (Lipinski definition) is 1. The molecule has 0 aliphatic rings. The van der Waals surface area contributed by atoms with Gasteiger partial charge in [-0.3, -0.25) is 0 Å². The molecular weight excluding hydrogens is 332 g/mol. The highest BCUT2D eigenvalue weighted by Crippen LogP contribution is 2.13. The maximum Gasteiger partial charge on any atom is 0.276 e. The second-order valence-corrected chi connectivity index (χ2v) is 7.24. The summed E-state index contributed by atoms with van der Waals surface area (Å²) in [6, 6.07) is 14.3. The molecule has 0 atom stereocenters. The number of alkyl halides is 1. The standard InChI is InChI=1S/C17H19ClN2O2S/c1-13-7-9-16(10-8-13)23(21,22)20-19-14(2)17-6-4-3-5-15(17)11-12-18/h3-10,20H,11-12H2,1-2H3/b19-14+. The van der Waals surface area contributed by atoms with Crippen molar-refractivity contribution in [1.82, 2.24) is 4.83 Å². The molecule has 2 aromatic carbocycles. The molecule has 0 amide bonds. The lowest BCUT2D eigenvalue weighted by Crippen LogP contribution is -2.20. The fourth-order valence-corrected chi connectivity index (χ4v) is 3.21. The number of aryl methyl sites for hydroxylation is 2. The normalized spacial score (nSPS) is 12.2. The van der Waals surface area contributed by atoms with Crippen molar-refractivity contribution in [1.29, 1.82) is 0 Å². The third kappa shape index (κ3) is 4.56. The van der Waals surface area contributed by atoms with E-state index < -0.39 is 10.0 Å². The number of halogens is 1. The fourth-order valence-electron chi connectivity index (χ4n) is 2.15. The van der Waals surface area contributed by atoms with Crippen molar-refractivity contribution < 1.29 is 8.42 Å². The van der Waals surface area contributed by atoms with E-state index >= 15 is 0 Å². The quantitative estimate of drug-likeness (QED) is 0.492. The molecule has 0 fully saturated rings. The van der Waals surface area contributed by atoms with Crippen molar-refractivity contribution in [3.05, 3.63) is 65.2 Å². The molecule has 0 radical (unpaired) electrons. The second-order valence-electron chi connectivity index (χ2n) is 5.20. The Morgan fingerprint density at radius 2 is 1.78 bits per heavy atom. The summed E-state index contributed by atoms with van der Waals surface area (Å²) >= 11 is 5.80. The molecule has 0 saturated heterocycles. The van der Waals surface area contributed by atoms with Crippen molar-refractivity contribution >= 4 is 27.3 Å². The van der Waals surface area contributed by atoms with E-state index in [1.165, 1.54) is 0 Å². The van der Waals surface area contributed by atoms with E-state index in [0.717, 1.165) is 16.7 Å². The molecule has 2 rings (SSSR count). The number of nitrogens with one attached hydrogen (secondary N) is 1. The van der Waals surface area contributed by atoms with Gasteiger partial charge >= 0.3 is 0 Å². The van der Waals surface area contributed by atoms with E-state index in [1.807, 2.05) is 31.2 Å². The fraction of sp³-hybridized carbons (Fsp3) is 0.235. The molecule has 6 heteroatoms. The van der Waals surface area contributed by atoms with Crippen LogP contribution in [0.3, 0.4) is 0 Å². The highest BCUT2D eigenvalue weighted by Gasteiger charge is 2.13. The average Bonchev–Trinajstić information content (AvgIpc) is 2.54. The van der Waals surface area contributed by atoms with E-state index in [4.69, 9.17) is 11.6 Å². The zero-order valence-electron chi connectivity index (χ0n) is 13.1. The Bertz CT molecular complexity index is 800. The summed E-state index contributed by atoms with van der Waals surface area (Å²) in [7, 11) is -3.67. The summed E-state index contributed by atoms with van der Waals surface area (Å²) in [5.74, 6) is 0.499. The molecule has 0 aromatic heterocycles. The molecule has 0 aliphatic carbocycles. The molecule has 122 valence electrons. The van der Waals surface area contributed by atoms with Crippen molar-refractivity contribution in [2.45, 2.75) is 25.2 Å². The lowest BCUT2D eigenvalue weighted by molar-refractivity contribution is 0.584. The first kappa shape index (κ1) is 17.5. The number of benzene rings is 2. The van der Waals surface area contributed by atoms with E-state index in [9.17, 15) is 8.42 Å². The van der Waals surface area contributed by atoms with Gasteiger partial charge in [-0.25, -0.2) is 0 Å². The highest BCUT2D eigenvalue weighted by molar-refractivity contribution is 7.89. The lowest BCUT2D eigenvalue weighted by Gasteiger charge is -2.09. The topological polar surface area (TPSA) is 58.5 Å². The highest BCUT2D eigenvalue weighted by atomic mass is 35.5. The van der Waals surface area contributed by atoms with Gasteiger partial charge in [-0.05, 0) is 38.0 Å². The second kappa shape index (κ2) is 7.62. The van der Waals surface area contributed by atoms with Gasteiger partial charge in [0.25, 0.3) is 10.0 Å². The van der Waals surface area contributed by atoms with Crippen molar-refractivity contribution in [3.8, 4) is 0 Å². The molecule has 2 aromatic rings. The van der Waals surface area contributed by atoms with Gasteiger partial charge in [-0.2, -0.15) is 18.4 Å². The monoisotopic (exact) mass is 350 g/mol. The maximum absolute atomic E-state index is 12.3. The first-order chi connectivity index (χ1) is 10.9. The van der Waals surface area contributed by atoms with Crippen LogP contribution in [0.4, 0.5) is 0 Å². The zero-order valence-corrected chi connectivity index (χ0v) is 14.7. The van der Waals surface area contributed by atoms with Crippen LogP contribution in [-0.4, -0.2) is 20.0 Å². The largest absolute Gasteiger partial charge is 0.276 e. The molecule has 23 heavy (non-hydrogen) atoms. The summed E-state index contributed by atoms with van der Waals surface area (Å²) in [5.41, 5.74) is 3.53. The summed E-state index contributed by atoms with van der Waals surface area (Å²) in [6.45, 7) is 3.67. The number of rotatable bonds is 6. The molecule has 0 aliphatic heterocycles. The number of nitrogens with zero attached hydrogens (tertiary/aromatic N) is 1. The average molecular weight is 351 g/mol. The maximum atomic E-state index is 12.3. The Balaban J connectivity index is 2.23. The first-order valence-corrected chi connectivity index (χ1v) is 9.23. The molecule has 0 heterocycles. The Kier molecular flexibility index (Phi) is 5.80. The summed E-state index contributed by atoms with van der Waals surface area (Å²) in [4.78, 5) is 2.48. The van der Waals surface area contributed by atoms with Crippen molar-refractivity contribution in [2.24, 2.45) is 5.10 Å². The number of hydrogen-bond acceptors (Lipinski definition) is 3. The Hall–Kier alpha value is -1.85. The predicted molar refractivity (Wildman–Crippen MR) is 94.6 cm³/mol. The Morgan fingerprint density at radius 1 is 1.13 bits per heavy atom. The van der Waals surface area contributed by atoms with Gasteiger partial charge in [0, 0.05) is 11.4 Å². The van der Waals surface area contributed by atoms with E-state index in [1.54, 1.807) is 31.2 Å². The third-order valence-electron chi connectivity index (χ3n) is 3.44. The molecule has 0 spiro atoms. The van der Waals surface area contributed by atoms with Crippen LogP contribution in [0, 0.1) is 6.92 Å². The minimum atomic E-state index is -3.67. The molecule has 0 bridgehead atoms. The summed E-state index contributed by atoms with van der Waals surface area (Å²) in [5, 5.41) is 4.04. The van der Waals surface area contributed by atoms with Crippen LogP contribution in [0.25, 0.3) is 0 Å².